The molecule has 0 saturated carbocycles. The van der Waals surface area contributed by atoms with Crippen LogP contribution in [0.15, 0.2) is 12.3 Å². The first-order chi connectivity index (χ1) is 12.5. The van der Waals surface area contributed by atoms with Crippen LogP contribution in [0.5, 0.6) is 5.75 Å². The molecule has 4 rings (SSSR count). The van der Waals surface area contributed by atoms with Crippen molar-refractivity contribution >= 4 is 27.4 Å². The molecule has 4 heterocycles. The van der Waals surface area contributed by atoms with Crippen LogP contribution in [0.4, 0.5) is 5.82 Å². The summed E-state index contributed by atoms with van der Waals surface area (Å²) in [5, 5.41) is 3.76. The number of rotatable bonds is 6. The number of pyridine rings is 1. The predicted molar refractivity (Wildman–Crippen MR) is 98.5 cm³/mol. The van der Waals surface area contributed by atoms with Crippen molar-refractivity contribution in [1.29, 1.82) is 0 Å². The summed E-state index contributed by atoms with van der Waals surface area (Å²) >= 11 is 5.96. The van der Waals surface area contributed by atoms with Gasteiger partial charge < -0.3 is 19.7 Å². The van der Waals surface area contributed by atoms with Gasteiger partial charge in [-0.1, -0.05) is 11.6 Å². The summed E-state index contributed by atoms with van der Waals surface area (Å²) in [7, 11) is -3.34. The molecule has 144 valence electrons. The highest BCUT2D eigenvalue weighted by molar-refractivity contribution is 7.89. The number of fused-ring (bicyclic) bond motifs is 3. The van der Waals surface area contributed by atoms with E-state index in [-0.39, 0.29) is 18.4 Å². The van der Waals surface area contributed by atoms with Gasteiger partial charge in [0.05, 0.1) is 30.0 Å². The minimum Gasteiger partial charge on any atom is -0.487 e. The topological polar surface area (TPSA) is 84.0 Å². The first-order valence-electron chi connectivity index (χ1n) is 8.87. The summed E-state index contributed by atoms with van der Waals surface area (Å²) in [6.45, 7) is 3.66. The van der Waals surface area contributed by atoms with Gasteiger partial charge in [-0.05, 0) is 13.0 Å². The normalized spacial score (nSPS) is 25.8. The Labute approximate surface area is 158 Å². The molecule has 1 N–H and O–H groups in total. The van der Waals surface area contributed by atoms with Crippen molar-refractivity contribution in [2.24, 2.45) is 0 Å². The first-order valence-corrected chi connectivity index (χ1v) is 10.9. The van der Waals surface area contributed by atoms with Crippen LogP contribution in [-0.2, 0) is 14.8 Å². The molecule has 26 heavy (non-hydrogen) atoms. The summed E-state index contributed by atoms with van der Waals surface area (Å²) < 4.78 is 38.0. The van der Waals surface area contributed by atoms with Gasteiger partial charge in [-0.25, -0.2) is 13.4 Å². The number of halogens is 1. The quantitative estimate of drug-likeness (QED) is 0.686. The van der Waals surface area contributed by atoms with E-state index in [0.717, 1.165) is 18.8 Å². The average molecular weight is 403 g/mol. The van der Waals surface area contributed by atoms with Crippen molar-refractivity contribution in [3.8, 4) is 5.75 Å². The zero-order valence-electron chi connectivity index (χ0n) is 14.4. The number of piperazine rings is 1. The molecule has 0 aromatic carbocycles. The van der Waals surface area contributed by atoms with Gasteiger partial charge in [0.1, 0.15) is 6.61 Å². The van der Waals surface area contributed by atoms with Gasteiger partial charge in [0.25, 0.3) is 0 Å². The van der Waals surface area contributed by atoms with E-state index in [4.69, 9.17) is 21.1 Å². The zero-order chi connectivity index (χ0) is 18.1. The van der Waals surface area contributed by atoms with E-state index >= 15 is 0 Å². The number of ether oxygens (including phenoxy) is 2. The lowest BCUT2D eigenvalue weighted by molar-refractivity contribution is 0.102. The molecule has 0 bridgehead atoms. The molecule has 2 unspecified atom stereocenters. The van der Waals surface area contributed by atoms with Gasteiger partial charge >= 0.3 is 0 Å². The Kier molecular flexibility index (Phi) is 5.24. The molecule has 2 atom stereocenters. The van der Waals surface area contributed by atoms with Crippen molar-refractivity contribution in [3.05, 3.63) is 17.3 Å². The van der Waals surface area contributed by atoms with Gasteiger partial charge in [-0.15, -0.1) is 0 Å². The van der Waals surface area contributed by atoms with E-state index in [9.17, 15) is 8.42 Å². The number of nitrogens with zero attached hydrogens (tertiary/aromatic N) is 3. The van der Waals surface area contributed by atoms with Crippen molar-refractivity contribution in [3.63, 3.8) is 0 Å². The molecule has 0 amide bonds. The fourth-order valence-electron chi connectivity index (χ4n) is 3.43. The Balaban J connectivity index is 1.33. The van der Waals surface area contributed by atoms with Crippen molar-refractivity contribution < 1.29 is 17.9 Å². The highest BCUT2D eigenvalue weighted by Gasteiger charge is 2.37. The lowest BCUT2D eigenvalue weighted by Gasteiger charge is -2.44. The van der Waals surface area contributed by atoms with Gasteiger partial charge in [0.15, 0.2) is 11.6 Å². The smallest absolute Gasteiger partial charge is 0.216 e. The first kappa shape index (κ1) is 18.2. The van der Waals surface area contributed by atoms with E-state index in [1.165, 1.54) is 0 Å². The van der Waals surface area contributed by atoms with E-state index < -0.39 is 10.0 Å². The molecule has 0 radical (unpaired) electrons. The molecule has 3 aliphatic rings. The number of nitrogens with one attached hydrogen (secondary N) is 1. The Morgan fingerprint density at radius 1 is 1.42 bits per heavy atom. The third-order valence-electron chi connectivity index (χ3n) is 5.07. The Morgan fingerprint density at radius 3 is 3.04 bits per heavy atom. The maximum Gasteiger partial charge on any atom is 0.216 e. The number of anilines is 1. The number of aromatic nitrogens is 1. The maximum absolute atomic E-state index is 12.6. The number of hydrogen-bond donors (Lipinski definition) is 1. The van der Waals surface area contributed by atoms with Crippen molar-refractivity contribution in [1.82, 2.24) is 14.6 Å². The second-order valence-corrected chi connectivity index (χ2v) is 9.35. The average Bonchev–Trinajstić information content (AvgIpc) is 2.59. The minimum atomic E-state index is -3.34. The van der Waals surface area contributed by atoms with Gasteiger partial charge in [-0.3, -0.25) is 0 Å². The van der Waals surface area contributed by atoms with Crippen LogP contribution in [0.1, 0.15) is 6.42 Å². The minimum absolute atomic E-state index is 0.0116. The third-order valence-corrected chi connectivity index (χ3v) is 7.08. The molecule has 8 nitrogen and oxygen atoms in total. The van der Waals surface area contributed by atoms with E-state index in [2.05, 4.69) is 15.2 Å². The number of sulfonamides is 1. The molecule has 0 aliphatic carbocycles. The summed E-state index contributed by atoms with van der Waals surface area (Å²) in [6.07, 6.45) is 2.68. The van der Waals surface area contributed by atoms with Crippen LogP contribution in [0, 0.1) is 0 Å². The summed E-state index contributed by atoms with van der Waals surface area (Å²) in [5.74, 6) is 1.40. The van der Waals surface area contributed by atoms with E-state index in [0.29, 0.717) is 49.7 Å². The van der Waals surface area contributed by atoms with E-state index in [1.54, 1.807) is 16.6 Å². The van der Waals surface area contributed by atoms with Crippen LogP contribution in [0.2, 0.25) is 5.02 Å². The summed E-state index contributed by atoms with van der Waals surface area (Å²) in [6, 6.07) is 2.08. The Hall–Kier alpha value is -1.13. The summed E-state index contributed by atoms with van der Waals surface area (Å²) in [5.41, 5.74) is 0. The summed E-state index contributed by atoms with van der Waals surface area (Å²) in [4.78, 5) is 6.47. The highest BCUT2D eigenvalue weighted by atomic mass is 35.5. The fraction of sp³-hybridized carbons (Fsp3) is 0.688. The SMILES string of the molecule is O=S(=O)(CCOCC1CCN1)N1CCN2c3ncc(Cl)cc3OCC2C1. The van der Waals surface area contributed by atoms with Crippen LogP contribution < -0.4 is 15.0 Å². The van der Waals surface area contributed by atoms with Crippen LogP contribution in [-0.4, -0.2) is 81.5 Å². The molecule has 1 aromatic heterocycles. The standard InChI is InChI=1S/C16H23ClN4O4S/c17-12-7-15-16(19-8-12)21-4-3-20(9-14(21)11-25-15)26(22,23)6-5-24-10-13-1-2-18-13/h7-8,13-14,18H,1-6,9-11H2. The molecule has 1 aromatic rings. The molecule has 3 aliphatic heterocycles. The van der Waals surface area contributed by atoms with Gasteiger partial charge in [-0.2, -0.15) is 4.31 Å². The zero-order valence-corrected chi connectivity index (χ0v) is 16.0. The highest BCUT2D eigenvalue weighted by Crippen LogP contribution is 2.35. The second kappa shape index (κ2) is 7.47. The molecule has 10 heteroatoms. The van der Waals surface area contributed by atoms with Crippen molar-refractivity contribution in [2.45, 2.75) is 18.5 Å². The lowest BCUT2D eigenvalue weighted by atomic mass is 10.1. The Morgan fingerprint density at radius 2 is 2.27 bits per heavy atom. The van der Waals surface area contributed by atoms with Crippen LogP contribution in [0.25, 0.3) is 0 Å². The number of hydrogen-bond acceptors (Lipinski definition) is 7. The molecule has 0 spiro atoms. The third kappa shape index (κ3) is 3.77. The fourth-order valence-corrected chi connectivity index (χ4v) is 4.93. The van der Waals surface area contributed by atoms with Gasteiger partial charge in [0.2, 0.25) is 10.0 Å². The van der Waals surface area contributed by atoms with Gasteiger partial charge in [0, 0.05) is 37.9 Å². The molecular weight excluding hydrogens is 380 g/mol. The van der Waals surface area contributed by atoms with Crippen molar-refractivity contribution in [2.75, 3.05) is 56.7 Å². The molecule has 2 saturated heterocycles. The second-order valence-electron chi connectivity index (χ2n) is 6.82. The largest absolute Gasteiger partial charge is 0.487 e. The lowest BCUT2D eigenvalue weighted by Crippen LogP contribution is -2.59. The van der Waals surface area contributed by atoms with Crippen LogP contribution in [0.3, 0.4) is 0 Å². The predicted octanol–water partition coefficient (Wildman–Crippen LogP) is 0.326. The van der Waals surface area contributed by atoms with E-state index in [1.807, 2.05) is 0 Å². The monoisotopic (exact) mass is 402 g/mol. The van der Waals surface area contributed by atoms with Crippen LogP contribution >= 0.6 is 11.6 Å². The molecule has 2 fully saturated rings. The Bertz CT molecular complexity index is 759. The molecular formula is C16H23ClN4O4S. The maximum atomic E-state index is 12.6.